The van der Waals surface area contributed by atoms with Crippen LogP contribution in [0, 0.1) is 5.82 Å². The minimum Gasteiger partial charge on any atom is -0.508 e. The summed E-state index contributed by atoms with van der Waals surface area (Å²) in [5.41, 5.74) is 5.60. The van der Waals surface area contributed by atoms with Crippen LogP contribution >= 0.6 is 12.4 Å². The molecule has 0 bridgehead atoms. The van der Waals surface area contributed by atoms with E-state index in [0.29, 0.717) is 5.56 Å². The Bertz CT molecular complexity index is 339. The number of carboxylic acids is 1. The monoisotopic (exact) mass is 235 g/mol. The molecule has 1 aromatic carbocycles. The Kier molecular flexibility index (Phi) is 5.04. The third kappa shape index (κ3) is 4.14. The SMILES string of the molecule is Cl.NC(Cc1cc(O)cc(F)c1)C(=O)O. The van der Waals surface area contributed by atoms with Crippen LogP contribution in [0.2, 0.25) is 0 Å². The first-order valence-electron chi connectivity index (χ1n) is 3.96. The van der Waals surface area contributed by atoms with Crippen molar-refractivity contribution in [3.05, 3.63) is 29.6 Å². The summed E-state index contributed by atoms with van der Waals surface area (Å²) in [4.78, 5) is 10.4. The van der Waals surface area contributed by atoms with Crippen LogP contribution in [-0.4, -0.2) is 22.2 Å². The summed E-state index contributed by atoms with van der Waals surface area (Å²) in [7, 11) is 0. The van der Waals surface area contributed by atoms with E-state index in [0.717, 1.165) is 12.1 Å². The van der Waals surface area contributed by atoms with Gasteiger partial charge in [-0.1, -0.05) is 0 Å². The van der Waals surface area contributed by atoms with Gasteiger partial charge >= 0.3 is 5.97 Å². The van der Waals surface area contributed by atoms with E-state index in [1.54, 1.807) is 0 Å². The molecule has 0 aliphatic heterocycles. The lowest BCUT2D eigenvalue weighted by molar-refractivity contribution is -0.138. The number of phenols is 1. The minimum absolute atomic E-state index is 0. The second kappa shape index (κ2) is 5.53. The maximum Gasteiger partial charge on any atom is 0.320 e. The molecule has 84 valence electrons. The Morgan fingerprint density at radius 1 is 1.47 bits per heavy atom. The molecule has 1 unspecified atom stereocenters. The van der Waals surface area contributed by atoms with Crippen molar-refractivity contribution >= 4 is 18.4 Å². The Morgan fingerprint density at radius 3 is 2.53 bits per heavy atom. The fraction of sp³-hybridized carbons (Fsp3) is 0.222. The molecule has 15 heavy (non-hydrogen) atoms. The van der Waals surface area contributed by atoms with Crippen LogP contribution in [0.3, 0.4) is 0 Å². The van der Waals surface area contributed by atoms with Crippen LogP contribution in [-0.2, 0) is 11.2 Å². The molecule has 4 nitrogen and oxygen atoms in total. The van der Waals surface area contributed by atoms with Gasteiger partial charge in [0.1, 0.15) is 17.6 Å². The van der Waals surface area contributed by atoms with Crippen molar-refractivity contribution in [3.63, 3.8) is 0 Å². The van der Waals surface area contributed by atoms with Crippen molar-refractivity contribution in [2.45, 2.75) is 12.5 Å². The molecule has 0 heterocycles. The first kappa shape index (κ1) is 13.7. The fourth-order valence-electron chi connectivity index (χ4n) is 1.09. The number of rotatable bonds is 3. The number of hydrogen-bond donors (Lipinski definition) is 3. The summed E-state index contributed by atoms with van der Waals surface area (Å²) >= 11 is 0. The van der Waals surface area contributed by atoms with Crippen molar-refractivity contribution in [2.75, 3.05) is 0 Å². The van der Waals surface area contributed by atoms with Gasteiger partial charge < -0.3 is 15.9 Å². The highest BCUT2D eigenvalue weighted by Gasteiger charge is 2.12. The number of hydrogen-bond acceptors (Lipinski definition) is 3. The largest absolute Gasteiger partial charge is 0.508 e. The average Bonchev–Trinajstić information content (AvgIpc) is 2.01. The summed E-state index contributed by atoms with van der Waals surface area (Å²) in [5.74, 6) is -2.01. The average molecular weight is 236 g/mol. The first-order chi connectivity index (χ1) is 6.49. The standard InChI is InChI=1S/C9H10FNO3.ClH/c10-6-1-5(2-7(12)4-6)3-8(11)9(13)14;/h1-2,4,8,12H,3,11H2,(H,13,14);1H. The number of halogens is 2. The van der Waals surface area contributed by atoms with E-state index < -0.39 is 17.8 Å². The highest BCUT2D eigenvalue weighted by atomic mass is 35.5. The molecule has 0 radical (unpaired) electrons. The van der Waals surface area contributed by atoms with Crippen LogP contribution in [0.1, 0.15) is 5.56 Å². The van der Waals surface area contributed by atoms with Crippen molar-refractivity contribution in [1.82, 2.24) is 0 Å². The first-order valence-corrected chi connectivity index (χ1v) is 3.96. The Labute approximate surface area is 91.9 Å². The molecule has 0 aromatic heterocycles. The van der Waals surface area contributed by atoms with E-state index in [4.69, 9.17) is 15.9 Å². The molecule has 0 aliphatic rings. The van der Waals surface area contributed by atoms with Gasteiger partial charge in [0.25, 0.3) is 0 Å². The number of aliphatic carboxylic acids is 1. The maximum atomic E-state index is 12.7. The molecular formula is C9H11ClFNO3. The number of carbonyl (C=O) groups is 1. The molecule has 1 atom stereocenters. The summed E-state index contributed by atoms with van der Waals surface area (Å²) < 4.78 is 12.7. The quantitative estimate of drug-likeness (QED) is 0.727. The van der Waals surface area contributed by atoms with Crippen LogP contribution in [0.25, 0.3) is 0 Å². The lowest BCUT2D eigenvalue weighted by Gasteiger charge is -2.06. The van der Waals surface area contributed by atoms with Gasteiger partial charge in [-0.25, -0.2) is 4.39 Å². The molecule has 0 aliphatic carbocycles. The Morgan fingerprint density at radius 2 is 2.07 bits per heavy atom. The van der Waals surface area contributed by atoms with Crippen LogP contribution in [0.15, 0.2) is 18.2 Å². The van der Waals surface area contributed by atoms with Gasteiger partial charge in [-0.05, 0) is 24.1 Å². The van der Waals surface area contributed by atoms with Crippen molar-refractivity contribution in [1.29, 1.82) is 0 Å². The van der Waals surface area contributed by atoms with E-state index in [1.165, 1.54) is 6.07 Å². The Balaban J connectivity index is 0.00000196. The molecule has 0 fully saturated rings. The number of nitrogens with two attached hydrogens (primary N) is 1. The van der Waals surface area contributed by atoms with Gasteiger partial charge in [-0.3, -0.25) is 4.79 Å². The summed E-state index contributed by atoms with van der Waals surface area (Å²) in [5, 5.41) is 17.5. The molecular weight excluding hydrogens is 225 g/mol. The third-order valence-corrected chi connectivity index (χ3v) is 1.72. The predicted octanol–water partition coefficient (Wildman–Crippen LogP) is 0.908. The van der Waals surface area contributed by atoms with E-state index in [9.17, 15) is 9.18 Å². The number of aromatic hydroxyl groups is 1. The van der Waals surface area contributed by atoms with Crippen molar-refractivity contribution < 1.29 is 19.4 Å². The normalized spacial score (nSPS) is 11.6. The molecule has 4 N–H and O–H groups in total. The number of carboxylic acid groups (broad SMARTS) is 1. The molecule has 0 spiro atoms. The predicted molar refractivity (Wildman–Crippen MR) is 54.6 cm³/mol. The summed E-state index contributed by atoms with van der Waals surface area (Å²) in [6, 6.07) is 2.28. The van der Waals surface area contributed by atoms with Crippen molar-refractivity contribution in [2.24, 2.45) is 5.73 Å². The molecule has 0 saturated heterocycles. The zero-order valence-corrected chi connectivity index (χ0v) is 8.50. The zero-order valence-electron chi connectivity index (χ0n) is 7.68. The van der Waals surface area contributed by atoms with E-state index in [1.807, 2.05) is 0 Å². The van der Waals surface area contributed by atoms with E-state index in [2.05, 4.69) is 0 Å². The van der Waals surface area contributed by atoms with Gasteiger partial charge in [-0.15, -0.1) is 12.4 Å². The Hall–Kier alpha value is -1.33. The van der Waals surface area contributed by atoms with Gasteiger partial charge in [0.2, 0.25) is 0 Å². The highest BCUT2D eigenvalue weighted by Crippen LogP contribution is 2.15. The van der Waals surface area contributed by atoms with Gasteiger partial charge in [0.05, 0.1) is 0 Å². The van der Waals surface area contributed by atoms with Gasteiger partial charge in [0.15, 0.2) is 0 Å². The third-order valence-electron chi connectivity index (χ3n) is 1.72. The van der Waals surface area contributed by atoms with Crippen LogP contribution < -0.4 is 5.73 Å². The summed E-state index contributed by atoms with van der Waals surface area (Å²) in [6.07, 6.45) is -0.0132. The lowest BCUT2D eigenvalue weighted by atomic mass is 10.1. The van der Waals surface area contributed by atoms with Crippen LogP contribution in [0.4, 0.5) is 4.39 Å². The number of phenolic OH excluding ortho intramolecular Hbond substituents is 1. The second-order valence-electron chi connectivity index (χ2n) is 2.97. The lowest BCUT2D eigenvalue weighted by Crippen LogP contribution is -2.32. The second-order valence-corrected chi connectivity index (χ2v) is 2.97. The zero-order chi connectivity index (χ0) is 10.7. The molecule has 6 heteroatoms. The smallest absolute Gasteiger partial charge is 0.320 e. The summed E-state index contributed by atoms with van der Waals surface area (Å²) in [6.45, 7) is 0. The van der Waals surface area contributed by atoms with E-state index in [-0.39, 0.29) is 24.6 Å². The van der Waals surface area contributed by atoms with Crippen molar-refractivity contribution in [3.8, 4) is 5.75 Å². The molecule has 0 saturated carbocycles. The number of benzene rings is 1. The fourth-order valence-corrected chi connectivity index (χ4v) is 1.09. The highest BCUT2D eigenvalue weighted by molar-refractivity contribution is 5.85. The van der Waals surface area contributed by atoms with Gasteiger partial charge in [0, 0.05) is 6.07 Å². The van der Waals surface area contributed by atoms with E-state index >= 15 is 0 Å². The molecule has 1 aromatic rings. The molecule has 1 rings (SSSR count). The topological polar surface area (TPSA) is 83.5 Å². The maximum absolute atomic E-state index is 12.7. The molecule has 0 amide bonds. The minimum atomic E-state index is -1.16. The van der Waals surface area contributed by atoms with Gasteiger partial charge in [-0.2, -0.15) is 0 Å². The van der Waals surface area contributed by atoms with Crippen LogP contribution in [0.5, 0.6) is 5.75 Å².